The number of aryl methyl sites for hydroxylation is 1. The Morgan fingerprint density at radius 2 is 2.12 bits per heavy atom. The van der Waals surface area contributed by atoms with Crippen molar-refractivity contribution in [2.75, 3.05) is 17.2 Å². The molecule has 0 saturated heterocycles. The number of nitrogens with zero attached hydrogens (tertiary/aromatic N) is 4. The van der Waals surface area contributed by atoms with Crippen LogP contribution in [0.2, 0.25) is 0 Å². The molecule has 1 amide bonds. The summed E-state index contributed by atoms with van der Waals surface area (Å²) in [6.45, 7) is 5.91. The number of aromatic nitrogens is 3. The molecule has 0 aliphatic rings. The van der Waals surface area contributed by atoms with Gasteiger partial charge in [0, 0.05) is 24.3 Å². The van der Waals surface area contributed by atoms with Gasteiger partial charge in [0.1, 0.15) is 5.82 Å². The van der Waals surface area contributed by atoms with Crippen molar-refractivity contribution < 1.29 is 9.18 Å². The van der Waals surface area contributed by atoms with E-state index in [0.29, 0.717) is 29.4 Å². The SMILES string of the molecule is [B]C([B])([B])SCC(C)C(=O)N(CC)c1cn(-c2cncc(F)c2)nc1C. The van der Waals surface area contributed by atoms with Crippen LogP contribution in [0.15, 0.2) is 24.7 Å². The van der Waals surface area contributed by atoms with Crippen LogP contribution in [0.4, 0.5) is 10.1 Å². The lowest BCUT2D eigenvalue weighted by atomic mass is 9.56. The molecule has 130 valence electrons. The Labute approximate surface area is 161 Å². The Balaban J connectivity index is 2.23. The highest BCUT2D eigenvalue weighted by molar-refractivity contribution is 8.04. The quantitative estimate of drug-likeness (QED) is 0.699. The lowest BCUT2D eigenvalue weighted by molar-refractivity contribution is -0.121. The van der Waals surface area contributed by atoms with E-state index in [1.165, 1.54) is 16.9 Å². The van der Waals surface area contributed by atoms with Gasteiger partial charge in [-0.2, -0.15) is 16.9 Å². The highest BCUT2D eigenvalue weighted by Gasteiger charge is 2.25. The van der Waals surface area contributed by atoms with E-state index in [4.69, 9.17) is 23.5 Å². The van der Waals surface area contributed by atoms with E-state index in [9.17, 15) is 9.18 Å². The zero-order valence-corrected chi connectivity index (χ0v) is 15.8. The second-order valence-electron chi connectivity index (χ2n) is 6.05. The van der Waals surface area contributed by atoms with Gasteiger partial charge >= 0.3 is 0 Å². The molecule has 1 atom stereocenters. The molecular weight excluding hydrogens is 348 g/mol. The van der Waals surface area contributed by atoms with E-state index in [1.807, 2.05) is 6.92 Å². The molecule has 1 unspecified atom stereocenters. The molecule has 0 N–H and O–H groups in total. The number of thioether (sulfide) groups is 1. The van der Waals surface area contributed by atoms with Crippen molar-refractivity contribution in [3.05, 3.63) is 36.2 Å². The molecule has 0 aliphatic carbocycles. The van der Waals surface area contributed by atoms with Gasteiger partial charge < -0.3 is 4.90 Å². The Morgan fingerprint density at radius 3 is 2.69 bits per heavy atom. The number of rotatable bonds is 7. The fourth-order valence-electron chi connectivity index (χ4n) is 2.43. The van der Waals surface area contributed by atoms with Crippen molar-refractivity contribution in [3.8, 4) is 5.69 Å². The molecule has 5 nitrogen and oxygen atoms in total. The average molecular weight is 366 g/mol. The molecule has 2 aromatic heterocycles. The van der Waals surface area contributed by atoms with Gasteiger partial charge in [-0.1, -0.05) is 11.4 Å². The number of carbonyl (C=O) groups is 1. The average Bonchev–Trinajstić information content (AvgIpc) is 2.94. The number of amides is 1. The number of hydrogen-bond donors (Lipinski definition) is 0. The van der Waals surface area contributed by atoms with Crippen molar-refractivity contribution in [2.45, 2.75) is 25.2 Å². The van der Waals surface area contributed by atoms with Crippen LogP contribution < -0.4 is 4.90 Å². The third kappa shape index (κ3) is 5.16. The molecule has 0 aromatic carbocycles. The first-order chi connectivity index (χ1) is 12.1. The number of anilines is 1. The highest BCUT2D eigenvalue weighted by Crippen LogP contribution is 2.25. The zero-order valence-electron chi connectivity index (χ0n) is 15.0. The molecule has 0 aliphatic heterocycles. The first kappa shape index (κ1) is 20.6. The monoisotopic (exact) mass is 366 g/mol. The van der Waals surface area contributed by atoms with Crippen LogP contribution in [0.5, 0.6) is 0 Å². The van der Waals surface area contributed by atoms with Crippen molar-refractivity contribution in [2.24, 2.45) is 5.92 Å². The second-order valence-corrected chi connectivity index (χ2v) is 7.38. The Bertz CT molecular complexity index is 781. The third-order valence-corrected chi connectivity index (χ3v) is 4.87. The van der Waals surface area contributed by atoms with Gasteiger partial charge in [-0.3, -0.25) is 9.78 Å². The van der Waals surface area contributed by atoms with E-state index in [-0.39, 0.29) is 11.8 Å². The van der Waals surface area contributed by atoms with Crippen molar-refractivity contribution in [1.82, 2.24) is 14.8 Å². The molecule has 26 heavy (non-hydrogen) atoms. The van der Waals surface area contributed by atoms with E-state index in [2.05, 4.69) is 10.1 Å². The van der Waals surface area contributed by atoms with E-state index in [1.54, 1.807) is 24.9 Å². The topological polar surface area (TPSA) is 51.0 Å². The summed E-state index contributed by atoms with van der Waals surface area (Å²) in [5, 5.41) is 4.37. The molecule has 2 rings (SSSR count). The van der Waals surface area contributed by atoms with Crippen LogP contribution in [0, 0.1) is 18.7 Å². The van der Waals surface area contributed by atoms with Crippen LogP contribution in [-0.2, 0) is 4.79 Å². The van der Waals surface area contributed by atoms with Gasteiger partial charge in [0.25, 0.3) is 0 Å². The number of halogens is 1. The maximum Gasteiger partial charge on any atom is 0.230 e. The second kappa shape index (κ2) is 8.33. The van der Waals surface area contributed by atoms with E-state index < -0.39 is 10.3 Å². The first-order valence-corrected chi connectivity index (χ1v) is 9.10. The molecular formula is C16H18B3FN4OS. The van der Waals surface area contributed by atoms with Gasteiger partial charge in [0.15, 0.2) is 0 Å². The Kier molecular flexibility index (Phi) is 6.61. The standard InChI is InChI=1S/C16H18B3FN4OS/c1-4-23(15(25)10(2)9-26-16(17,18)19)14-8-24(22-11(14)3)13-5-12(20)6-21-7-13/h5-8,10H,4,9H2,1-3H3. The predicted molar refractivity (Wildman–Crippen MR) is 106 cm³/mol. The van der Waals surface area contributed by atoms with Gasteiger partial charge in [-0.25, -0.2) is 9.07 Å². The molecule has 2 aromatic rings. The highest BCUT2D eigenvalue weighted by atomic mass is 32.2. The summed E-state index contributed by atoms with van der Waals surface area (Å²) in [5.74, 6) is -0.502. The van der Waals surface area contributed by atoms with Gasteiger partial charge in [0.2, 0.25) is 5.91 Å². The minimum Gasteiger partial charge on any atom is -0.309 e. The van der Waals surface area contributed by atoms with Crippen LogP contribution in [0.3, 0.4) is 0 Å². The number of carbonyl (C=O) groups excluding carboxylic acids is 1. The summed E-state index contributed by atoms with van der Waals surface area (Å²) < 4.78 is 13.5. The fourth-order valence-corrected chi connectivity index (χ4v) is 3.11. The number of pyridine rings is 1. The van der Waals surface area contributed by atoms with E-state index >= 15 is 0 Å². The maximum absolute atomic E-state index is 13.4. The first-order valence-electron chi connectivity index (χ1n) is 8.11. The van der Waals surface area contributed by atoms with Crippen molar-refractivity contribution >= 4 is 46.9 Å². The molecule has 10 heteroatoms. The van der Waals surface area contributed by atoms with Gasteiger partial charge in [-0.05, 0) is 13.8 Å². The zero-order chi connectivity index (χ0) is 19.5. The molecule has 0 spiro atoms. The largest absolute Gasteiger partial charge is 0.309 e. The van der Waals surface area contributed by atoms with Gasteiger partial charge in [-0.15, -0.1) is 0 Å². The predicted octanol–water partition coefficient (Wildman–Crippen LogP) is 1.55. The minimum absolute atomic E-state index is 0.0933. The summed E-state index contributed by atoms with van der Waals surface area (Å²) in [6, 6.07) is 1.32. The Hall–Kier alpha value is -1.70. The lowest BCUT2D eigenvalue weighted by Crippen LogP contribution is -2.37. The summed E-state index contributed by atoms with van der Waals surface area (Å²) in [7, 11) is 16.7. The van der Waals surface area contributed by atoms with Crippen LogP contribution in [0.25, 0.3) is 5.69 Å². The summed E-state index contributed by atoms with van der Waals surface area (Å²) in [5.41, 5.74) is 1.78. The number of hydrogen-bond acceptors (Lipinski definition) is 4. The molecule has 0 bridgehead atoms. The van der Waals surface area contributed by atoms with Crippen LogP contribution in [0.1, 0.15) is 19.5 Å². The van der Waals surface area contributed by atoms with E-state index in [0.717, 1.165) is 18.0 Å². The molecule has 2 heterocycles. The van der Waals surface area contributed by atoms with Crippen LogP contribution in [-0.4, -0.2) is 61.0 Å². The summed E-state index contributed by atoms with van der Waals surface area (Å²) in [4.78, 5) is 18.3. The molecule has 0 fully saturated rings. The third-order valence-electron chi connectivity index (χ3n) is 3.71. The maximum atomic E-state index is 13.4. The summed E-state index contributed by atoms with van der Waals surface area (Å²) in [6.07, 6.45) is 4.31. The lowest BCUT2D eigenvalue weighted by Gasteiger charge is -2.26. The normalized spacial score (nSPS) is 12.8. The van der Waals surface area contributed by atoms with Crippen molar-refractivity contribution in [1.29, 1.82) is 0 Å². The minimum atomic E-state index is -1.38. The Morgan fingerprint density at radius 1 is 1.42 bits per heavy atom. The van der Waals surface area contributed by atoms with Crippen molar-refractivity contribution in [3.63, 3.8) is 0 Å². The fraction of sp³-hybridized carbons (Fsp3) is 0.438. The molecule has 6 radical (unpaired) electrons. The molecule has 0 saturated carbocycles. The smallest absolute Gasteiger partial charge is 0.230 e. The summed E-state index contributed by atoms with van der Waals surface area (Å²) >= 11 is 1.12. The van der Waals surface area contributed by atoms with Gasteiger partial charge in [0.05, 0.1) is 59.2 Å². The van der Waals surface area contributed by atoms with Crippen LogP contribution >= 0.6 is 11.8 Å².